The van der Waals surface area contributed by atoms with Gasteiger partial charge in [-0.15, -0.1) is 0 Å². The van der Waals surface area contributed by atoms with E-state index in [1.54, 1.807) is 31.2 Å². The Morgan fingerprint density at radius 1 is 1.19 bits per heavy atom. The van der Waals surface area contributed by atoms with Gasteiger partial charge >= 0.3 is 5.92 Å². The van der Waals surface area contributed by atoms with E-state index in [0.29, 0.717) is 5.56 Å². The molecule has 0 aliphatic rings. The fourth-order valence-corrected chi connectivity index (χ4v) is 2.07. The predicted molar refractivity (Wildman–Crippen MR) is 77.9 cm³/mol. The van der Waals surface area contributed by atoms with Gasteiger partial charge < -0.3 is 9.84 Å². The highest BCUT2D eigenvalue weighted by atomic mass is 35.5. The zero-order chi connectivity index (χ0) is 15.5. The Bertz CT molecular complexity index is 600. The molecule has 1 N–H and O–H groups in total. The van der Waals surface area contributed by atoms with Gasteiger partial charge in [0.1, 0.15) is 5.75 Å². The molecule has 0 unspecified atom stereocenters. The van der Waals surface area contributed by atoms with E-state index >= 15 is 0 Å². The number of aliphatic hydroxyl groups is 1. The number of halogens is 3. The molecule has 2 aromatic carbocycles. The number of benzene rings is 2. The lowest BCUT2D eigenvalue weighted by Crippen LogP contribution is -2.23. The van der Waals surface area contributed by atoms with Crippen molar-refractivity contribution < 1.29 is 18.6 Å². The fraction of sp³-hybridized carbons (Fsp3) is 0.250. The lowest BCUT2D eigenvalue weighted by molar-refractivity contribution is -0.0467. The third kappa shape index (κ3) is 3.93. The lowest BCUT2D eigenvalue weighted by atomic mass is 10.1. The summed E-state index contributed by atoms with van der Waals surface area (Å²) in [6, 6.07) is 12.0. The maximum absolute atomic E-state index is 14.0. The van der Waals surface area contributed by atoms with Crippen LogP contribution in [-0.4, -0.2) is 11.7 Å². The summed E-state index contributed by atoms with van der Waals surface area (Å²) >= 11 is 5.97. The van der Waals surface area contributed by atoms with E-state index in [9.17, 15) is 13.9 Å². The van der Waals surface area contributed by atoms with Crippen LogP contribution in [0.1, 0.15) is 24.2 Å². The molecule has 21 heavy (non-hydrogen) atoms. The molecule has 0 aromatic heterocycles. The minimum absolute atomic E-state index is 0.110. The quantitative estimate of drug-likeness (QED) is 0.876. The van der Waals surface area contributed by atoms with Crippen LogP contribution < -0.4 is 4.74 Å². The number of hydrogen-bond donors (Lipinski definition) is 1. The van der Waals surface area contributed by atoms with E-state index in [0.717, 1.165) is 0 Å². The van der Waals surface area contributed by atoms with Crippen LogP contribution >= 0.6 is 11.6 Å². The fourth-order valence-electron chi connectivity index (χ4n) is 1.83. The third-order valence-corrected chi connectivity index (χ3v) is 3.34. The number of hydrogen-bond acceptors (Lipinski definition) is 2. The Morgan fingerprint density at radius 3 is 2.43 bits per heavy atom. The average molecular weight is 313 g/mol. The largest absolute Gasteiger partial charge is 0.485 e. The Balaban J connectivity index is 2.09. The molecule has 112 valence electrons. The molecule has 0 radical (unpaired) electrons. The highest BCUT2D eigenvalue weighted by Crippen LogP contribution is 2.32. The van der Waals surface area contributed by atoms with Crippen LogP contribution in [0.5, 0.6) is 5.75 Å². The van der Waals surface area contributed by atoms with Gasteiger partial charge in [-0.25, -0.2) is 0 Å². The predicted octanol–water partition coefficient (Wildman–Crippen LogP) is 4.56. The van der Waals surface area contributed by atoms with Crippen LogP contribution in [0.25, 0.3) is 0 Å². The van der Waals surface area contributed by atoms with E-state index in [2.05, 4.69) is 0 Å². The van der Waals surface area contributed by atoms with Crippen LogP contribution in [0.4, 0.5) is 8.78 Å². The van der Waals surface area contributed by atoms with Crippen LogP contribution in [0.15, 0.2) is 48.5 Å². The zero-order valence-corrected chi connectivity index (χ0v) is 12.1. The summed E-state index contributed by atoms with van der Waals surface area (Å²) in [6.45, 7) is 0.792. The molecule has 0 aliphatic carbocycles. The second-order valence-corrected chi connectivity index (χ2v) is 5.13. The van der Waals surface area contributed by atoms with Crippen LogP contribution in [0.2, 0.25) is 5.02 Å². The standard InChI is InChI=1S/C16H15ClF2O2/c1-11(20)12-7-8-15(14(17)9-12)21-10-16(18,19)13-5-3-2-4-6-13/h2-9,11,20H,10H2,1H3/t11-/m1/s1. The van der Waals surface area contributed by atoms with E-state index < -0.39 is 18.6 Å². The van der Waals surface area contributed by atoms with Gasteiger partial charge in [-0.05, 0) is 24.6 Å². The maximum Gasteiger partial charge on any atom is 0.306 e. The molecule has 0 amide bonds. The van der Waals surface area contributed by atoms with Gasteiger partial charge in [0.25, 0.3) is 0 Å². The first kappa shape index (κ1) is 15.7. The minimum Gasteiger partial charge on any atom is -0.485 e. The van der Waals surface area contributed by atoms with Gasteiger partial charge in [0, 0.05) is 5.56 Å². The number of alkyl halides is 2. The number of rotatable bonds is 5. The zero-order valence-electron chi connectivity index (χ0n) is 11.4. The van der Waals surface area contributed by atoms with Crippen molar-refractivity contribution in [2.24, 2.45) is 0 Å². The molecule has 0 fully saturated rings. The molecule has 2 rings (SSSR count). The molecule has 2 aromatic rings. The molecule has 5 heteroatoms. The van der Waals surface area contributed by atoms with Gasteiger partial charge in [0.15, 0.2) is 6.61 Å². The molecule has 0 heterocycles. The summed E-state index contributed by atoms with van der Waals surface area (Å²) < 4.78 is 33.1. The van der Waals surface area contributed by atoms with E-state index in [1.807, 2.05) is 0 Å². The molecule has 0 saturated heterocycles. The second kappa shape index (κ2) is 6.41. The van der Waals surface area contributed by atoms with Gasteiger partial charge in [0.05, 0.1) is 11.1 Å². The molecule has 1 atom stereocenters. The topological polar surface area (TPSA) is 29.5 Å². The van der Waals surface area contributed by atoms with Crippen molar-refractivity contribution in [2.45, 2.75) is 19.0 Å². The SMILES string of the molecule is C[C@@H](O)c1ccc(OCC(F)(F)c2ccccc2)c(Cl)c1. The smallest absolute Gasteiger partial charge is 0.306 e. The van der Waals surface area contributed by atoms with Gasteiger partial charge in [-0.1, -0.05) is 48.0 Å². The maximum atomic E-state index is 14.0. The Labute approximate surface area is 126 Å². The summed E-state index contributed by atoms with van der Waals surface area (Å²) in [5.74, 6) is -2.94. The van der Waals surface area contributed by atoms with Crippen molar-refractivity contribution in [3.63, 3.8) is 0 Å². The van der Waals surface area contributed by atoms with Crippen molar-refractivity contribution in [3.8, 4) is 5.75 Å². The molecule has 2 nitrogen and oxygen atoms in total. The summed E-state index contributed by atoms with van der Waals surface area (Å²) in [7, 11) is 0. The lowest BCUT2D eigenvalue weighted by Gasteiger charge is -2.18. The summed E-state index contributed by atoms with van der Waals surface area (Å²) in [4.78, 5) is 0. The van der Waals surface area contributed by atoms with Gasteiger partial charge in [0.2, 0.25) is 0 Å². The van der Waals surface area contributed by atoms with Crippen LogP contribution in [0, 0.1) is 0 Å². The first-order valence-corrected chi connectivity index (χ1v) is 6.81. The normalized spacial score (nSPS) is 13.0. The minimum atomic E-state index is -3.10. The molecule has 0 spiro atoms. The third-order valence-electron chi connectivity index (χ3n) is 3.04. The molecular formula is C16H15ClF2O2. The van der Waals surface area contributed by atoms with Crippen molar-refractivity contribution in [2.75, 3.05) is 6.61 Å². The summed E-state index contributed by atoms with van der Waals surface area (Å²) in [5.41, 5.74) is 0.490. The Morgan fingerprint density at radius 2 is 1.86 bits per heavy atom. The average Bonchev–Trinajstić information content (AvgIpc) is 2.46. The number of ether oxygens (including phenoxy) is 1. The summed E-state index contributed by atoms with van der Waals surface area (Å²) in [6.07, 6.45) is -0.678. The van der Waals surface area contributed by atoms with E-state index in [-0.39, 0.29) is 16.3 Å². The van der Waals surface area contributed by atoms with Gasteiger partial charge in [-0.2, -0.15) is 8.78 Å². The molecule has 0 saturated carbocycles. The summed E-state index contributed by atoms with van der Waals surface area (Å²) in [5, 5.41) is 9.62. The van der Waals surface area contributed by atoms with Crippen molar-refractivity contribution in [1.82, 2.24) is 0 Å². The van der Waals surface area contributed by atoms with Crippen LogP contribution in [-0.2, 0) is 5.92 Å². The molecular weight excluding hydrogens is 298 g/mol. The first-order valence-electron chi connectivity index (χ1n) is 6.44. The molecule has 0 aliphatic heterocycles. The second-order valence-electron chi connectivity index (χ2n) is 4.72. The Kier molecular flexibility index (Phi) is 4.80. The number of aliphatic hydroxyl groups excluding tert-OH is 1. The highest BCUT2D eigenvalue weighted by Gasteiger charge is 2.32. The monoisotopic (exact) mass is 312 g/mol. The van der Waals surface area contributed by atoms with E-state index in [4.69, 9.17) is 16.3 Å². The van der Waals surface area contributed by atoms with Crippen molar-refractivity contribution >= 4 is 11.6 Å². The highest BCUT2D eigenvalue weighted by molar-refractivity contribution is 6.32. The van der Waals surface area contributed by atoms with Crippen molar-refractivity contribution in [1.29, 1.82) is 0 Å². The van der Waals surface area contributed by atoms with Crippen LogP contribution in [0.3, 0.4) is 0 Å². The first-order chi connectivity index (χ1) is 9.90. The van der Waals surface area contributed by atoms with Crippen molar-refractivity contribution in [3.05, 3.63) is 64.7 Å². The van der Waals surface area contributed by atoms with E-state index in [1.165, 1.54) is 24.3 Å². The Hall–Kier alpha value is -1.65. The molecule has 0 bridgehead atoms. The van der Waals surface area contributed by atoms with Gasteiger partial charge in [-0.3, -0.25) is 0 Å².